The summed E-state index contributed by atoms with van der Waals surface area (Å²) in [4.78, 5) is 3.98. The first-order chi connectivity index (χ1) is 9.76. The highest BCUT2D eigenvalue weighted by molar-refractivity contribution is 5.36. The molecule has 0 bridgehead atoms. The van der Waals surface area contributed by atoms with Crippen molar-refractivity contribution in [2.24, 2.45) is 0 Å². The number of hydrogen-bond acceptors (Lipinski definition) is 2. The van der Waals surface area contributed by atoms with Gasteiger partial charge in [-0.1, -0.05) is 38.1 Å². The van der Waals surface area contributed by atoms with Gasteiger partial charge in [0, 0.05) is 6.20 Å². The van der Waals surface area contributed by atoms with Gasteiger partial charge in [-0.2, -0.15) is 0 Å². The Bertz CT molecular complexity index is 554. The normalized spacial score (nSPS) is 12.3. The maximum Gasteiger partial charge on any atom is 0.141 e. The standard InChI is InChI=1S/C17H21FN2/c1-3-9-20-17(14-10-15(18)12-19-11-14)16-8-6-5-7-13(16)4-2/h5-8,10-12,17,20H,3-4,9H2,1-2H3. The van der Waals surface area contributed by atoms with E-state index in [2.05, 4.69) is 36.3 Å². The van der Waals surface area contributed by atoms with Crippen molar-refractivity contribution in [1.29, 1.82) is 0 Å². The van der Waals surface area contributed by atoms with E-state index in [4.69, 9.17) is 0 Å². The van der Waals surface area contributed by atoms with Gasteiger partial charge in [0.05, 0.1) is 12.2 Å². The summed E-state index contributed by atoms with van der Waals surface area (Å²) in [6.45, 7) is 5.15. The van der Waals surface area contributed by atoms with Gasteiger partial charge in [0.1, 0.15) is 5.82 Å². The SMILES string of the molecule is CCCNC(c1cncc(F)c1)c1ccccc1CC. The van der Waals surface area contributed by atoms with Gasteiger partial charge in [-0.3, -0.25) is 4.98 Å². The van der Waals surface area contributed by atoms with Crippen LogP contribution >= 0.6 is 0 Å². The van der Waals surface area contributed by atoms with E-state index in [1.54, 1.807) is 12.3 Å². The van der Waals surface area contributed by atoms with E-state index in [-0.39, 0.29) is 11.9 Å². The van der Waals surface area contributed by atoms with Crippen molar-refractivity contribution >= 4 is 0 Å². The number of nitrogens with one attached hydrogen (secondary N) is 1. The first kappa shape index (κ1) is 14.7. The van der Waals surface area contributed by atoms with Gasteiger partial charge >= 0.3 is 0 Å². The molecule has 0 aliphatic rings. The Labute approximate surface area is 120 Å². The van der Waals surface area contributed by atoms with Crippen molar-refractivity contribution in [2.75, 3.05) is 6.54 Å². The molecular formula is C17H21FN2. The summed E-state index contributed by atoms with van der Waals surface area (Å²) in [5.74, 6) is -0.292. The van der Waals surface area contributed by atoms with Crippen LogP contribution in [0.25, 0.3) is 0 Å². The Morgan fingerprint density at radius 1 is 1.20 bits per heavy atom. The Hall–Kier alpha value is -1.74. The van der Waals surface area contributed by atoms with Gasteiger partial charge in [0.2, 0.25) is 0 Å². The third-order valence-electron chi connectivity index (χ3n) is 3.40. The molecule has 3 heteroatoms. The topological polar surface area (TPSA) is 24.9 Å². The fourth-order valence-corrected chi connectivity index (χ4v) is 2.42. The van der Waals surface area contributed by atoms with Gasteiger partial charge in [-0.05, 0) is 42.1 Å². The minimum atomic E-state index is -0.292. The highest BCUT2D eigenvalue weighted by Gasteiger charge is 2.16. The number of hydrogen-bond donors (Lipinski definition) is 1. The zero-order valence-electron chi connectivity index (χ0n) is 12.1. The fourth-order valence-electron chi connectivity index (χ4n) is 2.42. The van der Waals surface area contributed by atoms with E-state index in [0.29, 0.717) is 0 Å². The average molecular weight is 272 g/mol. The van der Waals surface area contributed by atoms with Crippen LogP contribution in [-0.2, 0) is 6.42 Å². The third kappa shape index (κ3) is 3.42. The molecule has 1 aromatic heterocycles. The molecule has 2 rings (SSSR count). The molecule has 1 aromatic carbocycles. The maximum absolute atomic E-state index is 13.5. The predicted octanol–water partition coefficient (Wildman–Crippen LogP) is 3.87. The van der Waals surface area contributed by atoms with Gasteiger partial charge in [0.15, 0.2) is 0 Å². The van der Waals surface area contributed by atoms with E-state index >= 15 is 0 Å². The Balaban J connectivity index is 2.41. The monoisotopic (exact) mass is 272 g/mol. The molecule has 0 radical (unpaired) electrons. The van der Waals surface area contributed by atoms with Crippen molar-refractivity contribution in [2.45, 2.75) is 32.7 Å². The summed E-state index contributed by atoms with van der Waals surface area (Å²) in [6, 6.07) is 9.87. The second kappa shape index (κ2) is 7.15. The maximum atomic E-state index is 13.5. The van der Waals surface area contributed by atoms with E-state index in [1.807, 2.05) is 12.1 Å². The van der Waals surface area contributed by atoms with Crippen LogP contribution in [0.4, 0.5) is 4.39 Å². The molecular weight excluding hydrogens is 251 g/mol. The lowest BCUT2D eigenvalue weighted by molar-refractivity contribution is 0.578. The zero-order valence-corrected chi connectivity index (χ0v) is 12.1. The molecule has 106 valence electrons. The van der Waals surface area contributed by atoms with Crippen LogP contribution in [0, 0.1) is 5.82 Å². The van der Waals surface area contributed by atoms with Crippen molar-refractivity contribution < 1.29 is 4.39 Å². The van der Waals surface area contributed by atoms with Crippen LogP contribution in [0.2, 0.25) is 0 Å². The fraction of sp³-hybridized carbons (Fsp3) is 0.353. The predicted molar refractivity (Wildman–Crippen MR) is 80.2 cm³/mol. The van der Waals surface area contributed by atoms with Crippen LogP contribution in [0.3, 0.4) is 0 Å². The Kier molecular flexibility index (Phi) is 5.24. The van der Waals surface area contributed by atoms with Gasteiger partial charge < -0.3 is 5.32 Å². The van der Waals surface area contributed by atoms with Crippen molar-refractivity contribution in [3.8, 4) is 0 Å². The molecule has 0 saturated carbocycles. The zero-order chi connectivity index (χ0) is 14.4. The molecule has 0 fully saturated rings. The minimum absolute atomic E-state index is 0.00528. The second-order valence-electron chi connectivity index (χ2n) is 4.88. The third-order valence-corrected chi connectivity index (χ3v) is 3.40. The quantitative estimate of drug-likeness (QED) is 0.863. The number of rotatable bonds is 6. The minimum Gasteiger partial charge on any atom is -0.306 e. The summed E-state index contributed by atoms with van der Waals surface area (Å²) in [7, 11) is 0. The molecule has 0 amide bonds. The molecule has 1 atom stereocenters. The lowest BCUT2D eigenvalue weighted by Crippen LogP contribution is -2.24. The highest BCUT2D eigenvalue weighted by Crippen LogP contribution is 2.25. The number of aryl methyl sites for hydroxylation is 1. The molecule has 1 unspecified atom stereocenters. The molecule has 0 spiro atoms. The van der Waals surface area contributed by atoms with Crippen molar-refractivity contribution in [3.05, 3.63) is 65.2 Å². The lowest BCUT2D eigenvalue weighted by Gasteiger charge is -2.22. The molecule has 0 saturated heterocycles. The highest BCUT2D eigenvalue weighted by atomic mass is 19.1. The first-order valence-corrected chi connectivity index (χ1v) is 7.17. The van der Waals surface area contributed by atoms with Crippen LogP contribution in [0.1, 0.15) is 43.0 Å². The van der Waals surface area contributed by atoms with Gasteiger partial charge in [0.25, 0.3) is 0 Å². The number of pyridine rings is 1. The van der Waals surface area contributed by atoms with Gasteiger partial charge in [-0.15, -0.1) is 0 Å². The van der Waals surface area contributed by atoms with Crippen molar-refractivity contribution in [1.82, 2.24) is 10.3 Å². The largest absolute Gasteiger partial charge is 0.306 e. The lowest BCUT2D eigenvalue weighted by atomic mass is 9.94. The smallest absolute Gasteiger partial charge is 0.141 e. The van der Waals surface area contributed by atoms with Crippen LogP contribution in [-0.4, -0.2) is 11.5 Å². The van der Waals surface area contributed by atoms with Crippen molar-refractivity contribution in [3.63, 3.8) is 0 Å². The Morgan fingerprint density at radius 2 is 2.00 bits per heavy atom. The van der Waals surface area contributed by atoms with E-state index in [1.165, 1.54) is 17.3 Å². The summed E-state index contributed by atoms with van der Waals surface area (Å²) in [6.07, 6.45) is 4.98. The molecule has 2 aromatic rings. The summed E-state index contributed by atoms with van der Waals surface area (Å²) in [5.41, 5.74) is 3.36. The summed E-state index contributed by atoms with van der Waals surface area (Å²) >= 11 is 0. The number of halogens is 1. The molecule has 1 heterocycles. The van der Waals surface area contributed by atoms with Crippen LogP contribution in [0.15, 0.2) is 42.7 Å². The van der Waals surface area contributed by atoms with Gasteiger partial charge in [-0.25, -0.2) is 4.39 Å². The van der Waals surface area contributed by atoms with E-state index < -0.39 is 0 Å². The number of nitrogens with zero attached hydrogens (tertiary/aromatic N) is 1. The van der Waals surface area contributed by atoms with Crippen LogP contribution in [0.5, 0.6) is 0 Å². The van der Waals surface area contributed by atoms with Crippen LogP contribution < -0.4 is 5.32 Å². The Morgan fingerprint density at radius 3 is 2.70 bits per heavy atom. The number of benzene rings is 1. The number of aromatic nitrogens is 1. The summed E-state index contributed by atoms with van der Waals surface area (Å²) in [5, 5.41) is 3.50. The van der Waals surface area contributed by atoms with E-state index in [0.717, 1.165) is 24.9 Å². The van der Waals surface area contributed by atoms with E-state index in [9.17, 15) is 4.39 Å². The molecule has 20 heavy (non-hydrogen) atoms. The molecule has 0 aliphatic heterocycles. The average Bonchev–Trinajstić information content (AvgIpc) is 2.48. The second-order valence-corrected chi connectivity index (χ2v) is 4.88. The molecule has 1 N–H and O–H groups in total. The first-order valence-electron chi connectivity index (χ1n) is 7.17. The molecule has 2 nitrogen and oxygen atoms in total. The molecule has 0 aliphatic carbocycles. The summed E-state index contributed by atoms with van der Waals surface area (Å²) < 4.78 is 13.5.